The van der Waals surface area contributed by atoms with Crippen LogP contribution in [0.15, 0.2) is 18.2 Å². The van der Waals surface area contributed by atoms with Crippen molar-refractivity contribution < 1.29 is 14.1 Å². The van der Waals surface area contributed by atoms with E-state index in [1.807, 2.05) is 6.92 Å². The number of rotatable bonds is 6. The van der Waals surface area contributed by atoms with Crippen LogP contribution in [0.5, 0.6) is 5.75 Å². The van der Waals surface area contributed by atoms with Gasteiger partial charge in [-0.15, -0.1) is 0 Å². The lowest BCUT2D eigenvalue weighted by atomic mass is 10.1. The van der Waals surface area contributed by atoms with Crippen LogP contribution in [0.2, 0.25) is 0 Å². The fourth-order valence-corrected chi connectivity index (χ4v) is 1.59. The van der Waals surface area contributed by atoms with Crippen LogP contribution in [-0.4, -0.2) is 17.3 Å². The minimum absolute atomic E-state index is 0.0378. The summed E-state index contributed by atoms with van der Waals surface area (Å²) in [6, 6.07) is 3.36. The highest BCUT2D eigenvalue weighted by atomic mass is 32.1. The van der Waals surface area contributed by atoms with E-state index < -0.39 is 10.7 Å². The Kier molecular flexibility index (Phi) is 5.21. The molecule has 0 fully saturated rings. The molecule has 4 nitrogen and oxygen atoms in total. The van der Waals surface area contributed by atoms with Gasteiger partial charge in [-0.1, -0.05) is 6.92 Å². The maximum atomic E-state index is 13.4. The molecule has 0 amide bonds. The van der Waals surface area contributed by atoms with E-state index in [-0.39, 0.29) is 17.4 Å². The summed E-state index contributed by atoms with van der Waals surface area (Å²) in [4.78, 5) is 9.77. The van der Waals surface area contributed by atoms with Crippen molar-refractivity contribution in [3.63, 3.8) is 0 Å². The topological polar surface area (TPSA) is 52.4 Å². The van der Waals surface area contributed by atoms with Gasteiger partial charge in [-0.3, -0.25) is 10.1 Å². The third kappa shape index (κ3) is 3.89. The number of nitro benzene ring substituents is 1. The number of hydrogen-bond acceptors (Lipinski definition) is 4. The zero-order chi connectivity index (χ0) is 12.8. The third-order valence-corrected chi connectivity index (χ3v) is 2.95. The molecule has 1 unspecified atom stereocenters. The van der Waals surface area contributed by atoms with E-state index in [9.17, 15) is 14.5 Å². The minimum Gasteiger partial charge on any atom is -0.490 e. The summed E-state index contributed by atoms with van der Waals surface area (Å²) in [5, 5.41) is 10.4. The highest BCUT2D eigenvalue weighted by Crippen LogP contribution is 2.23. The van der Waals surface area contributed by atoms with Crippen molar-refractivity contribution in [2.45, 2.75) is 13.3 Å². The normalized spacial score (nSPS) is 12.2. The number of non-ortho nitro benzene ring substituents is 1. The molecular weight excluding hydrogens is 245 g/mol. The Morgan fingerprint density at radius 2 is 2.29 bits per heavy atom. The van der Waals surface area contributed by atoms with Gasteiger partial charge in [-0.05, 0) is 18.2 Å². The van der Waals surface area contributed by atoms with E-state index in [4.69, 9.17) is 4.74 Å². The molecule has 0 spiro atoms. The van der Waals surface area contributed by atoms with Crippen LogP contribution in [-0.2, 0) is 0 Å². The van der Waals surface area contributed by atoms with Crippen molar-refractivity contribution in [2.75, 3.05) is 12.4 Å². The smallest absolute Gasteiger partial charge is 0.272 e. The van der Waals surface area contributed by atoms with E-state index >= 15 is 0 Å². The standard InChI is InChI=1S/C11H14FNO3S/c1-2-8(7-17)6-16-11-4-3-9(13(14)15)5-10(11)12/h3-5,8,17H,2,6-7H2,1H3. The van der Waals surface area contributed by atoms with Crippen LogP contribution in [0.25, 0.3) is 0 Å². The highest BCUT2D eigenvalue weighted by Gasteiger charge is 2.12. The molecule has 6 heteroatoms. The number of thiol groups is 1. The lowest BCUT2D eigenvalue weighted by Gasteiger charge is -2.13. The number of hydrogen-bond donors (Lipinski definition) is 1. The summed E-state index contributed by atoms with van der Waals surface area (Å²) < 4.78 is 18.7. The molecule has 0 N–H and O–H groups in total. The fraction of sp³-hybridized carbons (Fsp3) is 0.455. The summed E-state index contributed by atoms with van der Waals surface area (Å²) in [6.07, 6.45) is 0.887. The number of nitrogens with zero attached hydrogens (tertiary/aromatic N) is 1. The van der Waals surface area contributed by atoms with Gasteiger partial charge in [0.1, 0.15) is 0 Å². The predicted octanol–water partition coefficient (Wildman–Crippen LogP) is 3.07. The molecule has 0 heterocycles. The Balaban J connectivity index is 2.69. The van der Waals surface area contributed by atoms with Crippen molar-refractivity contribution in [3.05, 3.63) is 34.1 Å². The molecule has 1 aromatic carbocycles. The molecule has 94 valence electrons. The molecular formula is C11H14FNO3S. The van der Waals surface area contributed by atoms with Gasteiger partial charge in [0.05, 0.1) is 17.6 Å². The maximum absolute atomic E-state index is 13.4. The van der Waals surface area contributed by atoms with Gasteiger partial charge >= 0.3 is 0 Å². The van der Waals surface area contributed by atoms with E-state index in [2.05, 4.69) is 12.6 Å². The Labute approximate surface area is 104 Å². The molecule has 0 aliphatic carbocycles. The predicted molar refractivity (Wildman–Crippen MR) is 66.2 cm³/mol. The van der Waals surface area contributed by atoms with E-state index in [1.54, 1.807) is 0 Å². The number of ether oxygens (including phenoxy) is 1. The van der Waals surface area contributed by atoms with Gasteiger partial charge in [-0.2, -0.15) is 12.6 Å². The zero-order valence-electron chi connectivity index (χ0n) is 9.43. The molecule has 1 rings (SSSR count). The summed E-state index contributed by atoms with van der Waals surface area (Å²) in [5.74, 6) is 0.224. The van der Waals surface area contributed by atoms with Crippen LogP contribution in [0.4, 0.5) is 10.1 Å². The molecule has 1 atom stereocenters. The van der Waals surface area contributed by atoms with Crippen molar-refractivity contribution in [3.8, 4) is 5.75 Å². The largest absolute Gasteiger partial charge is 0.490 e. The second-order valence-corrected chi connectivity index (χ2v) is 4.00. The first-order valence-corrected chi connectivity index (χ1v) is 5.89. The first-order valence-electron chi connectivity index (χ1n) is 5.26. The maximum Gasteiger partial charge on any atom is 0.272 e. The zero-order valence-corrected chi connectivity index (χ0v) is 10.3. The molecule has 17 heavy (non-hydrogen) atoms. The average Bonchev–Trinajstić information content (AvgIpc) is 2.31. The second-order valence-electron chi connectivity index (χ2n) is 3.64. The molecule has 0 saturated heterocycles. The van der Waals surface area contributed by atoms with Crippen molar-refractivity contribution in [2.24, 2.45) is 5.92 Å². The summed E-state index contributed by atoms with van der Waals surface area (Å²) in [6.45, 7) is 2.35. The Bertz CT molecular complexity index is 396. The van der Waals surface area contributed by atoms with E-state index in [1.165, 1.54) is 12.1 Å². The van der Waals surface area contributed by atoms with Crippen molar-refractivity contribution in [1.82, 2.24) is 0 Å². The van der Waals surface area contributed by atoms with Crippen LogP contribution in [0, 0.1) is 21.8 Å². The van der Waals surface area contributed by atoms with Gasteiger partial charge in [-0.25, -0.2) is 4.39 Å². The van der Waals surface area contributed by atoms with Crippen LogP contribution >= 0.6 is 12.6 Å². The Hall–Kier alpha value is -1.30. The number of halogens is 1. The fourth-order valence-electron chi connectivity index (χ4n) is 1.23. The second kappa shape index (κ2) is 6.44. The summed E-state index contributed by atoms with van der Waals surface area (Å²) in [7, 11) is 0. The first kappa shape index (κ1) is 13.8. The first-order chi connectivity index (χ1) is 8.08. The molecule has 1 aromatic rings. The number of benzene rings is 1. The van der Waals surface area contributed by atoms with Gasteiger partial charge in [0.25, 0.3) is 5.69 Å². The van der Waals surface area contributed by atoms with Gasteiger partial charge in [0.15, 0.2) is 11.6 Å². The van der Waals surface area contributed by atoms with Gasteiger partial charge < -0.3 is 4.74 Å². The molecule has 0 saturated carbocycles. The Morgan fingerprint density at radius 3 is 2.76 bits per heavy atom. The lowest BCUT2D eigenvalue weighted by Crippen LogP contribution is -2.13. The van der Waals surface area contributed by atoms with Crippen molar-refractivity contribution >= 4 is 18.3 Å². The minimum atomic E-state index is -0.715. The van der Waals surface area contributed by atoms with Crippen LogP contribution in [0.3, 0.4) is 0 Å². The monoisotopic (exact) mass is 259 g/mol. The van der Waals surface area contributed by atoms with Crippen LogP contribution in [0.1, 0.15) is 13.3 Å². The molecule has 0 radical (unpaired) electrons. The Morgan fingerprint density at radius 1 is 1.59 bits per heavy atom. The van der Waals surface area contributed by atoms with E-state index in [0.717, 1.165) is 12.5 Å². The third-order valence-electron chi connectivity index (χ3n) is 2.44. The van der Waals surface area contributed by atoms with Gasteiger partial charge in [0, 0.05) is 12.0 Å². The highest BCUT2D eigenvalue weighted by molar-refractivity contribution is 7.80. The molecule has 0 aliphatic rings. The average molecular weight is 259 g/mol. The quantitative estimate of drug-likeness (QED) is 0.485. The molecule has 0 bridgehead atoms. The molecule has 0 aliphatic heterocycles. The SMILES string of the molecule is CCC(CS)COc1ccc([N+](=O)[O-])cc1F. The summed E-state index contributed by atoms with van der Waals surface area (Å²) >= 11 is 4.15. The summed E-state index contributed by atoms with van der Waals surface area (Å²) in [5.41, 5.74) is -0.281. The van der Waals surface area contributed by atoms with Gasteiger partial charge in [0.2, 0.25) is 0 Å². The lowest BCUT2D eigenvalue weighted by molar-refractivity contribution is -0.385. The van der Waals surface area contributed by atoms with Crippen LogP contribution < -0.4 is 4.74 Å². The number of nitro groups is 1. The molecule has 0 aromatic heterocycles. The van der Waals surface area contributed by atoms with Crippen molar-refractivity contribution in [1.29, 1.82) is 0 Å². The van der Waals surface area contributed by atoms with E-state index in [0.29, 0.717) is 12.4 Å².